The van der Waals surface area contributed by atoms with Crippen molar-refractivity contribution in [3.8, 4) is 0 Å². The fourth-order valence-corrected chi connectivity index (χ4v) is 6.69. The van der Waals surface area contributed by atoms with Gasteiger partial charge in [-0.1, -0.05) is 111 Å². The van der Waals surface area contributed by atoms with Crippen LogP contribution >= 0.6 is 0 Å². The predicted octanol–water partition coefficient (Wildman–Crippen LogP) is 12.5. The zero-order chi connectivity index (χ0) is 33.6. The Balaban J connectivity index is 0.000000167. The van der Waals surface area contributed by atoms with E-state index in [0.717, 1.165) is 6.42 Å². The summed E-state index contributed by atoms with van der Waals surface area (Å²) in [7, 11) is 0. The molecule has 1 heteroatoms. The van der Waals surface area contributed by atoms with Gasteiger partial charge in [0.25, 0.3) is 0 Å². The van der Waals surface area contributed by atoms with Gasteiger partial charge in [-0.25, -0.2) is 6.08 Å². The third-order valence-electron chi connectivity index (χ3n) is 8.80. The minimum atomic E-state index is 0.203. The quantitative estimate of drug-likeness (QED) is 0.165. The molecule has 1 aliphatic rings. The number of hydrogen-bond acceptors (Lipinski definition) is 0. The number of benzene rings is 4. The van der Waals surface area contributed by atoms with E-state index in [1.807, 2.05) is 0 Å². The van der Waals surface area contributed by atoms with Crippen LogP contribution in [0.1, 0.15) is 97.9 Å². The van der Waals surface area contributed by atoms with Crippen molar-refractivity contribution in [2.45, 2.75) is 86.5 Å². The summed E-state index contributed by atoms with van der Waals surface area (Å²) in [6.45, 7) is 22.7. The molecule has 0 saturated carbocycles. The van der Waals surface area contributed by atoms with Gasteiger partial charge in [-0.2, -0.15) is 11.1 Å². The molecule has 0 heterocycles. The molecule has 0 N–H and O–H groups in total. The van der Waals surface area contributed by atoms with Gasteiger partial charge in [-0.05, 0) is 16.7 Å². The first-order valence-corrected chi connectivity index (χ1v) is 18.0. The van der Waals surface area contributed by atoms with Crippen molar-refractivity contribution in [1.82, 2.24) is 0 Å². The van der Waals surface area contributed by atoms with Gasteiger partial charge in [0.15, 0.2) is 0 Å². The molecule has 0 nitrogen and oxygen atoms in total. The Hall–Kier alpha value is -3.02. The summed E-state index contributed by atoms with van der Waals surface area (Å²) in [6, 6.07) is 37.3. The third kappa shape index (κ3) is 9.07. The summed E-state index contributed by atoms with van der Waals surface area (Å²) < 4.78 is 1.42. The summed E-state index contributed by atoms with van der Waals surface area (Å²) in [5.41, 5.74) is 8.97. The van der Waals surface area contributed by atoms with Crippen molar-refractivity contribution < 1.29 is 24.2 Å². The Kier molecular flexibility index (Phi) is 11.9. The molecule has 1 aliphatic carbocycles. The maximum absolute atomic E-state index is 3.29. The van der Waals surface area contributed by atoms with Crippen LogP contribution in [0, 0.1) is 17.9 Å². The molecule has 0 fully saturated rings. The first-order chi connectivity index (χ1) is 21.7. The van der Waals surface area contributed by atoms with Crippen LogP contribution in [0.15, 0.2) is 120 Å². The number of fused-ring (bicyclic) bond motifs is 3. The predicted molar refractivity (Wildman–Crippen MR) is 200 cm³/mol. The Morgan fingerprint density at radius 1 is 0.630 bits per heavy atom. The maximum atomic E-state index is 3.29. The van der Waals surface area contributed by atoms with E-state index in [4.69, 9.17) is 0 Å². The van der Waals surface area contributed by atoms with Crippen LogP contribution < -0.4 is 0 Å². The summed E-state index contributed by atoms with van der Waals surface area (Å²) >= 11 is 1.46. The topological polar surface area (TPSA) is 0 Å². The number of allylic oxidation sites excluding steroid dienone is 4. The minimum absolute atomic E-state index is 0.203. The van der Waals surface area contributed by atoms with Gasteiger partial charge in [-0.15, -0.1) is 46.2 Å². The van der Waals surface area contributed by atoms with E-state index < -0.39 is 0 Å². The van der Waals surface area contributed by atoms with Crippen molar-refractivity contribution in [1.29, 1.82) is 0 Å². The van der Waals surface area contributed by atoms with Crippen molar-refractivity contribution >= 4 is 24.8 Å². The number of rotatable bonds is 4. The first kappa shape index (κ1) is 35.8. The molecule has 0 amide bonds. The fourth-order valence-electron chi connectivity index (χ4n) is 5.87. The normalized spacial score (nSPS) is 13.3. The second-order valence-corrected chi connectivity index (χ2v) is 16.4. The van der Waals surface area contributed by atoms with Crippen molar-refractivity contribution in [3.63, 3.8) is 0 Å². The fraction of sp³-hybridized carbons (Fsp3) is 0.333. The van der Waals surface area contributed by atoms with Crippen LogP contribution in [-0.2, 0) is 35.1 Å². The van der Waals surface area contributed by atoms with Gasteiger partial charge in [0.2, 0.25) is 0 Å². The number of hydrogen-bond donors (Lipinski definition) is 0. The van der Waals surface area contributed by atoms with E-state index in [0.29, 0.717) is 11.8 Å². The van der Waals surface area contributed by atoms with Crippen LogP contribution in [0.5, 0.6) is 0 Å². The summed E-state index contributed by atoms with van der Waals surface area (Å²) in [4.78, 5) is 0. The van der Waals surface area contributed by atoms with Crippen LogP contribution in [0.4, 0.5) is 0 Å². The molecule has 5 aromatic rings. The second-order valence-electron chi connectivity index (χ2n) is 15.2. The Labute approximate surface area is 294 Å². The first-order valence-electron chi connectivity index (χ1n) is 16.8. The molecule has 5 aromatic carbocycles. The molecule has 46 heavy (non-hydrogen) atoms. The monoisotopic (exact) mass is 682 g/mol. The van der Waals surface area contributed by atoms with Gasteiger partial charge in [0.1, 0.15) is 0 Å². The third-order valence-corrected chi connectivity index (χ3v) is 10.2. The van der Waals surface area contributed by atoms with Crippen molar-refractivity contribution in [3.05, 3.63) is 149 Å². The summed E-state index contributed by atoms with van der Waals surface area (Å²) in [6.07, 6.45) is 6.51. The standard InChI is InChI=1S/C21H25.C13H10.C11H17.Zr/c1-20(2,3)16-7-9-18-14(12-16)11-15-13-17(21(4,5)6)8-10-19(15)18;1-3-7-12(8-4-1)11-13-9-5-2-6-10-13;1-8(2)10-6-5-7-11(10)9(3)4;/h7-13H,1-6H3;1-10H;6,8-9H,7H2,1-4H3;/q-1;;-1;+2. The molecule has 0 saturated heterocycles. The van der Waals surface area contributed by atoms with Gasteiger partial charge < -0.3 is 0 Å². The zero-order valence-electron chi connectivity index (χ0n) is 29.8. The van der Waals surface area contributed by atoms with Crippen LogP contribution in [0.2, 0.25) is 0 Å². The van der Waals surface area contributed by atoms with Crippen molar-refractivity contribution in [2.75, 3.05) is 0 Å². The summed E-state index contributed by atoms with van der Waals surface area (Å²) in [5.74, 6) is 1.36. The molecular formula is C45H52Zr. The van der Waals surface area contributed by atoms with Crippen molar-refractivity contribution in [2.24, 2.45) is 11.8 Å². The van der Waals surface area contributed by atoms with E-state index in [1.165, 1.54) is 76.8 Å². The molecule has 0 aromatic heterocycles. The SMILES string of the molecule is CC(C)(C)c1ccc2c(c1)[cH-]c1cc(C(C)(C)C)ccc12.CC(C)C1=C(C(C)C)C[C-]=C1.[Zr+2]=[C](c1ccccc1)c1ccccc1. The summed E-state index contributed by atoms with van der Waals surface area (Å²) in [5, 5.41) is 5.48. The van der Waals surface area contributed by atoms with Crippen LogP contribution in [-0.4, -0.2) is 3.21 Å². The molecule has 0 aliphatic heterocycles. The molecule has 0 spiro atoms. The Morgan fingerprint density at radius 3 is 1.41 bits per heavy atom. The Bertz CT molecular complexity index is 1700. The van der Waals surface area contributed by atoms with E-state index in [2.05, 4.69) is 185 Å². The zero-order valence-corrected chi connectivity index (χ0v) is 32.2. The second kappa shape index (κ2) is 15.3. The molecule has 0 radical (unpaired) electrons. The Morgan fingerprint density at radius 2 is 1.07 bits per heavy atom. The van der Waals surface area contributed by atoms with Crippen LogP contribution in [0.25, 0.3) is 21.5 Å². The van der Waals surface area contributed by atoms with E-state index in [9.17, 15) is 0 Å². The van der Waals surface area contributed by atoms with Crippen LogP contribution in [0.3, 0.4) is 0 Å². The van der Waals surface area contributed by atoms with Gasteiger partial charge in [-0.3, -0.25) is 6.08 Å². The van der Waals surface area contributed by atoms with E-state index in [-0.39, 0.29) is 10.8 Å². The molecule has 0 atom stereocenters. The molecular weight excluding hydrogens is 632 g/mol. The van der Waals surface area contributed by atoms with Gasteiger partial charge in [0.05, 0.1) is 0 Å². The molecule has 0 bridgehead atoms. The van der Waals surface area contributed by atoms with Gasteiger partial charge in [0, 0.05) is 0 Å². The van der Waals surface area contributed by atoms with E-state index in [1.54, 1.807) is 5.57 Å². The molecule has 236 valence electrons. The molecule has 6 rings (SSSR count). The molecule has 0 unspecified atom stereocenters. The average molecular weight is 684 g/mol. The average Bonchev–Trinajstić information content (AvgIpc) is 3.66. The van der Waals surface area contributed by atoms with E-state index >= 15 is 0 Å². The van der Waals surface area contributed by atoms with Gasteiger partial charge >= 0.3 is 99.2 Å².